The van der Waals surface area contributed by atoms with Gasteiger partial charge >= 0.3 is 0 Å². The van der Waals surface area contributed by atoms with Crippen molar-refractivity contribution in [2.75, 3.05) is 20.3 Å². The smallest absolute Gasteiger partial charge is 0.124 e. The van der Waals surface area contributed by atoms with Gasteiger partial charge in [-0.15, -0.1) is 0 Å². The quantitative estimate of drug-likeness (QED) is 0.769. The maximum Gasteiger partial charge on any atom is 0.124 e. The second-order valence-corrected chi connectivity index (χ2v) is 6.10. The predicted molar refractivity (Wildman–Crippen MR) is 81.3 cm³/mol. The van der Waals surface area contributed by atoms with Gasteiger partial charge in [0.1, 0.15) is 18.1 Å². The van der Waals surface area contributed by atoms with Crippen LogP contribution in [0.3, 0.4) is 0 Å². The van der Waals surface area contributed by atoms with Crippen molar-refractivity contribution in [1.82, 2.24) is 5.32 Å². The molecule has 0 unspecified atom stereocenters. The number of hydrogen-bond donors (Lipinski definition) is 2. The summed E-state index contributed by atoms with van der Waals surface area (Å²) >= 11 is 0. The van der Waals surface area contributed by atoms with Crippen molar-refractivity contribution in [2.24, 2.45) is 5.92 Å². The molecule has 1 aromatic rings. The van der Waals surface area contributed by atoms with E-state index in [9.17, 15) is 5.11 Å². The molecule has 2 N–H and O–H groups in total. The Hall–Kier alpha value is -1.26. The monoisotopic (exact) mass is 281 g/mol. The molecule has 20 heavy (non-hydrogen) atoms. The molecular formula is C16H27NO3. The van der Waals surface area contributed by atoms with E-state index in [1.165, 1.54) is 0 Å². The fourth-order valence-corrected chi connectivity index (χ4v) is 1.71. The van der Waals surface area contributed by atoms with Crippen LogP contribution in [0, 0.1) is 5.92 Å². The van der Waals surface area contributed by atoms with Gasteiger partial charge in [0.25, 0.3) is 0 Å². The largest absolute Gasteiger partial charge is 0.497 e. The number of hydrogen-bond acceptors (Lipinski definition) is 4. The van der Waals surface area contributed by atoms with E-state index in [2.05, 4.69) is 19.2 Å². The van der Waals surface area contributed by atoms with Crippen molar-refractivity contribution >= 4 is 0 Å². The fourth-order valence-electron chi connectivity index (χ4n) is 1.71. The Balaban J connectivity index is 2.75. The maximum atomic E-state index is 9.75. The molecule has 0 atom stereocenters. The second kappa shape index (κ2) is 7.50. The molecule has 0 spiro atoms. The molecule has 4 heteroatoms. The summed E-state index contributed by atoms with van der Waals surface area (Å²) in [7, 11) is 1.65. The van der Waals surface area contributed by atoms with Gasteiger partial charge in [-0.2, -0.15) is 0 Å². The first-order valence-corrected chi connectivity index (χ1v) is 7.04. The van der Waals surface area contributed by atoms with Crippen molar-refractivity contribution < 1.29 is 14.6 Å². The van der Waals surface area contributed by atoms with Gasteiger partial charge in [0.2, 0.25) is 0 Å². The van der Waals surface area contributed by atoms with Crippen molar-refractivity contribution in [3.05, 3.63) is 23.8 Å². The Kier molecular flexibility index (Phi) is 6.30. The van der Waals surface area contributed by atoms with Crippen molar-refractivity contribution in [1.29, 1.82) is 0 Å². The van der Waals surface area contributed by atoms with Crippen molar-refractivity contribution in [3.63, 3.8) is 0 Å². The lowest BCUT2D eigenvalue weighted by Crippen LogP contribution is -2.28. The highest BCUT2D eigenvalue weighted by Gasteiger charge is 2.15. The number of nitrogens with one attached hydrogen (secondary N) is 1. The van der Waals surface area contributed by atoms with E-state index < -0.39 is 5.60 Å². The first-order chi connectivity index (χ1) is 9.31. The third-order valence-corrected chi connectivity index (χ3v) is 2.72. The van der Waals surface area contributed by atoms with Gasteiger partial charge in [0.15, 0.2) is 0 Å². The third kappa shape index (κ3) is 6.26. The van der Waals surface area contributed by atoms with Gasteiger partial charge in [0.05, 0.1) is 12.7 Å². The van der Waals surface area contributed by atoms with Crippen molar-refractivity contribution in [3.8, 4) is 11.5 Å². The van der Waals surface area contributed by atoms with Gasteiger partial charge in [-0.05, 0) is 44.5 Å². The highest BCUT2D eigenvalue weighted by atomic mass is 16.5. The number of aliphatic hydroxyl groups is 1. The SMILES string of the molecule is COc1ccc(OCC(C)(C)O)c(CNCC(C)C)c1. The molecule has 0 heterocycles. The van der Waals surface area contributed by atoms with Crippen LogP contribution in [0.1, 0.15) is 33.3 Å². The Morgan fingerprint density at radius 1 is 1.30 bits per heavy atom. The minimum atomic E-state index is -0.845. The van der Waals surface area contributed by atoms with Crippen LogP contribution in [0.5, 0.6) is 11.5 Å². The maximum absolute atomic E-state index is 9.75. The molecule has 0 saturated carbocycles. The van der Waals surface area contributed by atoms with E-state index in [4.69, 9.17) is 9.47 Å². The number of methoxy groups -OCH3 is 1. The lowest BCUT2D eigenvalue weighted by Gasteiger charge is -2.20. The summed E-state index contributed by atoms with van der Waals surface area (Å²) in [5, 5.41) is 13.1. The predicted octanol–water partition coefficient (Wildman–Crippen LogP) is 2.59. The van der Waals surface area contributed by atoms with Crippen LogP contribution in [-0.2, 0) is 6.54 Å². The molecule has 1 aromatic carbocycles. The van der Waals surface area contributed by atoms with Crippen molar-refractivity contribution in [2.45, 2.75) is 39.8 Å². The van der Waals surface area contributed by atoms with E-state index in [0.29, 0.717) is 5.92 Å². The molecule has 0 fully saturated rings. The second-order valence-electron chi connectivity index (χ2n) is 6.10. The van der Waals surface area contributed by atoms with Gasteiger partial charge in [-0.25, -0.2) is 0 Å². The molecule has 0 saturated heterocycles. The molecule has 0 amide bonds. The van der Waals surface area contributed by atoms with Gasteiger partial charge in [-0.1, -0.05) is 13.8 Å². The number of ether oxygens (including phenoxy) is 2. The Bertz CT molecular complexity index is 411. The zero-order chi connectivity index (χ0) is 15.2. The van der Waals surface area contributed by atoms with Crippen LogP contribution in [0.2, 0.25) is 0 Å². The molecule has 114 valence electrons. The topological polar surface area (TPSA) is 50.7 Å². The van der Waals surface area contributed by atoms with Gasteiger partial charge in [0, 0.05) is 12.1 Å². The van der Waals surface area contributed by atoms with Gasteiger partial charge in [-0.3, -0.25) is 0 Å². The lowest BCUT2D eigenvalue weighted by atomic mass is 10.1. The minimum absolute atomic E-state index is 0.260. The lowest BCUT2D eigenvalue weighted by molar-refractivity contribution is 0.0281. The molecule has 0 radical (unpaired) electrons. The van der Waals surface area contributed by atoms with E-state index in [0.717, 1.165) is 30.2 Å². The highest BCUT2D eigenvalue weighted by molar-refractivity contribution is 5.40. The van der Waals surface area contributed by atoms with Gasteiger partial charge < -0.3 is 19.9 Å². The summed E-state index contributed by atoms with van der Waals surface area (Å²) in [6, 6.07) is 5.72. The van der Waals surface area contributed by atoms with Crippen LogP contribution in [0.15, 0.2) is 18.2 Å². The molecule has 1 rings (SSSR count). The summed E-state index contributed by atoms with van der Waals surface area (Å²) in [5.41, 5.74) is 0.192. The highest BCUT2D eigenvalue weighted by Crippen LogP contribution is 2.25. The van der Waals surface area contributed by atoms with Crippen LogP contribution in [0.4, 0.5) is 0 Å². The third-order valence-electron chi connectivity index (χ3n) is 2.72. The molecule has 0 aliphatic heterocycles. The summed E-state index contributed by atoms with van der Waals surface area (Å²) in [5.74, 6) is 2.19. The zero-order valence-electron chi connectivity index (χ0n) is 13.2. The minimum Gasteiger partial charge on any atom is -0.497 e. The van der Waals surface area contributed by atoms with Crippen LogP contribution in [-0.4, -0.2) is 31.0 Å². The van der Waals surface area contributed by atoms with E-state index in [1.807, 2.05) is 18.2 Å². The molecule has 0 aliphatic rings. The first-order valence-electron chi connectivity index (χ1n) is 7.04. The average molecular weight is 281 g/mol. The van der Waals surface area contributed by atoms with E-state index in [1.54, 1.807) is 21.0 Å². The first kappa shape index (κ1) is 16.8. The number of benzene rings is 1. The summed E-state index contributed by atoms with van der Waals surface area (Å²) in [6.07, 6.45) is 0. The van der Waals surface area contributed by atoms with E-state index >= 15 is 0 Å². The van der Waals surface area contributed by atoms with Crippen LogP contribution < -0.4 is 14.8 Å². The number of rotatable bonds is 8. The summed E-state index contributed by atoms with van der Waals surface area (Å²) in [6.45, 7) is 9.73. The Morgan fingerprint density at radius 2 is 2.00 bits per heavy atom. The van der Waals surface area contributed by atoms with Crippen LogP contribution in [0.25, 0.3) is 0 Å². The Morgan fingerprint density at radius 3 is 2.55 bits per heavy atom. The summed E-state index contributed by atoms with van der Waals surface area (Å²) in [4.78, 5) is 0. The Labute approximate surface area is 122 Å². The molecule has 0 aromatic heterocycles. The zero-order valence-corrected chi connectivity index (χ0v) is 13.2. The average Bonchev–Trinajstić information content (AvgIpc) is 2.35. The molecule has 0 bridgehead atoms. The fraction of sp³-hybridized carbons (Fsp3) is 0.625. The summed E-state index contributed by atoms with van der Waals surface area (Å²) < 4.78 is 11.0. The normalized spacial score (nSPS) is 11.8. The molecule has 4 nitrogen and oxygen atoms in total. The molecule has 0 aliphatic carbocycles. The standard InChI is InChI=1S/C16H27NO3/c1-12(2)9-17-10-13-8-14(19-5)6-7-15(13)20-11-16(3,4)18/h6-8,12,17-18H,9-11H2,1-5H3. The molecular weight excluding hydrogens is 254 g/mol. The van der Waals surface area contributed by atoms with E-state index in [-0.39, 0.29) is 6.61 Å². The van der Waals surface area contributed by atoms with Crippen LogP contribution >= 0.6 is 0 Å².